The molecule has 1 saturated carbocycles. The van der Waals surface area contributed by atoms with Crippen LogP contribution in [0, 0.1) is 10.2 Å². The van der Waals surface area contributed by atoms with E-state index in [2.05, 4.69) is 37.8 Å². The van der Waals surface area contributed by atoms with E-state index >= 15 is 0 Å². The number of hydrogen-bond donors (Lipinski definition) is 1. The summed E-state index contributed by atoms with van der Waals surface area (Å²) in [5, 5.41) is 13.8. The third kappa shape index (κ3) is 3.64. The van der Waals surface area contributed by atoms with E-state index in [4.69, 9.17) is 12.2 Å². The summed E-state index contributed by atoms with van der Waals surface area (Å²) in [5.41, 5.74) is 0.246. The summed E-state index contributed by atoms with van der Waals surface area (Å²) in [6.45, 7) is 8.23. The molecule has 1 aliphatic rings. The fourth-order valence-electron chi connectivity index (χ4n) is 2.45. The Morgan fingerprint density at radius 2 is 2.05 bits per heavy atom. The second kappa shape index (κ2) is 5.34. The van der Waals surface area contributed by atoms with Crippen LogP contribution in [0.4, 0.5) is 0 Å². The summed E-state index contributed by atoms with van der Waals surface area (Å²) in [6.07, 6.45) is 2.29. The Labute approximate surface area is 119 Å². The maximum atomic E-state index is 9.40. The van der Waals surface area contributed by atoms with Gasteiger partial charge in [-0.1, -0.05) is 20.8 Å². The minimum atomic E-state index is -0.0455. The molecule has 1 aromatic heterocycles. The monoisotopic (exact) mass is 284 g/mol. The van der Waals surface area contributed by atoms with Crippen LogP contribution in [0.1, 0.15) is 45.5 Å². The standard InChI is InChI=1S/C13H24N4OS/c1-13(2,3)8-15(4)9-16-12(19)17(10-5-6-10)11(7-18)14-16/h10,18H,5-9H2,1-4H3. The molecule has 0 saturated heterocycles. The van der Waals surface area contributed by atoms with Gasteiger partial charge in [-0.25, -0.2) is 4.68 Å². The predicted molar refractivity (Wildman–Crippen MR) is 77.3 cm³/mol. The van der Waals surface area contributed by atoms with Crippen molar-refractivity contribution < 1.29 is 5.11 Å². The van der Waals surface area contributed by atoms with Crippen LogP contribution < -0.4 is 0 Å². The molecule has 0 aliphatic heterocycles. The number of aromatic nitrogens is 3. The predicted octanol–water partition coefficient (Wildman–Crippen LogP) is 2.18. The molecule has 1 aliphatic carbocycles. The molecule has 0 bridgehead atoms. The third-order valence-corrected chi connectivity index (χ3v) is 3.52. The zero-order valence-electron chi connectivity index (χ0n) is 12.3. The first-order chi connectivity index (χ1) is 8.81. The van der Waals surface area contributed by atoms with Crippen molar-refractivity contribution in [2.24, 2.45) is 5.41 Å². The lowest BCUT2D eigenvalue weighted by Crippen LogP contribution is -2.31. The molecule has 0 radical (unpaired) electrons. The zero-order valence-corrected chi connectivity index (χ0v) is 13.1. The van der Waals surface area contributed by atoms with Crippen LogP contribution in [0.25, 0.3) is 0 Å². The molecule has 5 nitrogen and oxygen atoms in total. The summed E-state index contributed by atoms with van der Waals surface area (Å²) < 4.78 is 4.57. The van der Waals surface area contributed by atoms with Crippen LogP contribution in [0.3, 0.4) is 0 Å². The average molecular weight is 284 g/mol. The van der Waals surface area contributed by atoms with Crippen LogP contribution in [0.5, 0.6) is 0 Å². The Kier molecular flexibility index (Phi) is 4.13. The van der Waals surface area contributed by atoms with Gasteiger partial charge in [-0.3, -0.25) is 9.47 Å². The molecule has 0 unspecified atom stereocenters. The highest BCUT2D eigenvalue weighted by Crippen LogP contribution is 2.36. The molecular formula is C13H24N4OS. The first-order valence-corrected chi connectivity index (χ1v) is 7.20. The molecule has 1 heterocycles. The van der Waals surface area contributed by atoms with Crippen LogP contribution in [0.2, 0.25) is 0 Å². The highest BCUT2D eigenvalue weighted by molar-refractivity contribution is 7.71. The lowest BCUT2D eigenvalue weighted by atomic mass is 9.96. The Morgan fingerprint density at radius 1 is 1.42 bits per heavy atom. The lowest BCUT2D eigenvalue weighted by molar-refractivity contribution is 0.178. The number of rotatable bonds is 5. The Hall–Kier alpha value is -0.720. The first kappa shape index (κ1) is 14.7. The second-order valence-electron chi connectivity index (χ2n) is 6.67. The van der Waals surface area contributed by atoms with Gasteiger partial charge in [0.15, 0.2) is 10.6 Å². The van der Waals surface area contributed by atoms with E-state index < -0.39 is 0 Å². The largest absolute Gasteiger partial charge is 0.388 e. The second-order valence-corrected chi connectivity index (χ2v) is 7.04. The van der Waals surface area contributed by atoms with Crippen LogP contribution in [0.15, 0.2) is 0 Å². The van der Waals surface area contributed by atoms with E-state index in [1.807, 2.05) is 9.25 Å². The average Bonchev–Trinajstić information content (AvgIpc) is 3.04. The van der Waals surface area contributed by atoms with E-state index in [1.165, 1.54) is 0 Å². The maximum Gasteiger partial charge on any atom is 0.199 e. The van der Waals surface area contributed by atoms with Gasteiger partial charge < -0.3 is 5.11 Å². The van der Waals surface area contributed by atoms with Crippen molar-refractivity contribution in [3.8, 4) is 0 Å². The van der Waals surface area contributed by atoms with E-state index in [-0.39, 0.29) is 12.0 Å². The highest BCUT2D eigenvalue weighted by atomic mass is 32.1. The van der Waals surface area contributed by atoms with Gasteiger partial charge in [0, 0.05) is 12.6 Å². The summed E-state index contributed by atoms with van der Waals surface area (Å²) in [7, 11) is 2.07. The fraction of sp³-hybridized carbons (Fsp3) is 0.846. The summed E-state index contributed by atoms with van der Waals surface area (Å²) in [6, 6.07) is 0.455. The van der Waals surface area contributed by atoms with E-state index in [9.17, 15) is 5.11 Å². The van der Waals surface area contributed by atoms with Gasteiger partial charge in [-0.05, 0) is 37.5 Å². The first-order valence-electron chi connectivity index (χ1n) is 6.79. The summed E-state index contributed by atoms with van der Waals surface area (Å²) in [5.74, 6) is 0.691. The molecule has 19 heavy (non-hydrogen) atoms. The SMILES string of the molecule is CN(Cn1nc(CO)n(C2CC2)c1=S)CC(C)(C)C. The van der Waals surface area contributed by atoms with Crippen molar-refractivity contribution in [3.05, 3.63) is 10.6 Å². The normalized spacial score (nSPS) is 16.3. The molecule has 0 spiro atoms. The topological polar surface area (TPSA) is 46.2 Å². The number of aliphatic hydroxyl groups excluding tert-OH is 1. The van der Waals surface area contributed by atoms with Gasteiger partial charge in [0.25, 0.3) is 0 Å². The van der Waals surface area contributed by atoms with Gasteiger partial charge in [0.1, 0.15) is 6.61 Å². The fourth-order valence-corrected chi connectivity index (χ4v) is 2.81. The van der Waals surface area contributed by atoms with Crippen LogP contribution in [-0.2, 0) is 13.3 Å². The number of nitrogens with zero attached hydrogens (tertiary/aromatic N) is 4. The molecule has 0 aromatic carbocycles. The van der Waals surface area contributed by atoms with E-state index in [0.717, 1.165) is 24.2 Å². The summed E-state index contributed by atoms with van der Waals surface area (Å²) in [4.78, 5) is 2.21. The minimum Gasteiger partial charge on any atom is -0.388 e. The highest BCUT2D eigenvalue weighted by Gasteiger charge is 2.28. The van der Waals surface area contributed by atoms with Crippen molar-refractivity contribution in [2.45, 2.75) is 52.9 Å². The van der Waals surface area contributed by atoms with Gasteiger partial charge >= 0.3 is 0 Å². The molecule has 1 aromatic rings. The van der Waals surface area contributed by atoms with E-state index in [1.54, 1.807) is 0 Å². The quantitative estimate of drug-likeness (QED) is 0.842. The van der Waals surface area contributed by atoms with Gasteiger partial charge in [0.2, 0.25) is 0 Å². The van der Waals surface area contributed by atoms with Gasteiger partial charge in [-0.15, -0.1) is 0 Å². The Balaban J connectivity index is 2.15. The molecule has 6 heteroatoms. The molecule has 0 atom stereocenters. The van der Waals surface area contributed by atoms with E-state index in [0.29, 0.717) is 18.5 Å². The van der Waals surface area contributed by atoms with Crippen molar-refractivity contribution in [1.29, 1.82) is 0 Å². The number of hydrogen-bond acceptors (Lipinski definition) is 4. The van der Waals surface area contributed by atoms with Crippen molar-refractivity contribution in [1.82, 2.24) is 19.2 Å². The van der Waals surface area contributed by atoms with Crippen molar-refractivity contribution >= 4 is 12.2 Å². The number of aliphatic hydroxyl groups is 1. The molecule has 1 N–H and O–H groups in total. The van der Waals surface area contributed by atoms with Crippen molar-refractivity contribution in [2.75, 3.05) is 13.6 Å². The van der Waals surface area contributed by atoms with Crippen LogP contribution in [-0.4, -0.2) is 37.9 Å². The Bertz CT molecular complexity index is 496. The van der Waals surface area contributed by atoms with Gasteiger partial charge in [-0.2, -0.15) is 5.10 Å². The molecule has 108 valence electrons. The maximum absolute atomic E-state index is 9.40. The molecule has 0 amide bonds. The molecular weight excluding hydrogens is 260 g/mol. The van der Waals surface area contributed by atoms with Gasteiger partial charge in [0.05, 0.1) is 6.67 Å². The Morgan fingerprint density at radius 3 is 2.53 bits per heavy atom. The minimum absolute atomic E-state index is 0.0455. The third-order valence-electron chi connectivity index (χ3n) is 3.11. The summed E-state index contributed by atoms with van der Waals surface area (Å²) >= 11 is 5.48. The lowest BCUT2D eigenvalue weighted by Gasteiger charge is -2.26. The van der Waals surface area contributed by atoms with Crippen molar-refractivity contribution in [3.63, 3.8) is 0 Å². The smallest absolute Gasteiger partial charge is 0.199 e. The molecule has 1 fully saturated rings. The molecule has 2 rings (SSSR count). The van der Waals surface area contributed by atoms with Crippen LogP contribution >= 0.6 is 12.2 Å². The zero-order chi connectivity index (χ0) is 14.2.